The summed E-state index contributed by atoms with van der Waals surface area (Å²) in [4.78, 5) is 49.0. The van der Waals surface area contributed by atoms with Crippen LogP contribution in [0.4, 0.5) is 14.5 Å². The van der Waals surface area contributed by atoms with Crippen LogP contribution in [0.1, 0.15) is 25.7 Å². The summed E-state index contributed by atoms with van der Waals surface area (Å²) in [5.74, 6) is -5.37. The number of imide groups is 1. The van der Waals surface area contributed by atoms with E-state index in [1.807, 2.05) is 5.32 Å². The second-order valence-electron chi connectivity index (χ2n) is 6.57. The molecule has 1 saturated carbocycles. The summed E-state index contributed by atoms with van der Waals surface area (Å²) in [5, 5.41) is 1.97. The van der Waals surface area contributed by atoms with Gasteiger partial charge in [0.15, 0.2) is 6.61 Å². The van der Waals surface area contributed by atoms with Gasteiger partial charge in [0.25, 0.3) is 5.91 Å². The number of rotatable bonds is 5. The van der Waals surface area contributed by atoms with Crippen molar-refractivity contribution in [2.45, 2.75) is 25.7 Å². The summed E-state index contributed by atoms with van der Waals surface area (Å²) in [6, 6.07) is 3.07. The van der Waals surface area contributed by atoms with Crippen molar-refractivity contribution in [2.24, 2.45) is 11.8 Å². The summed E-state index contributed by atoms with van der Waals surface area (Å²) in [6.45, 7) is -1.37. The van der Waals surface area contributed by atoms with E-state index in [0.717, 1.165) is 35.9 Å². The van der Waals surface area contributed by atoms with E-state index in [0.29, 0.717) is 12.8 Å². The van der Waals surface area contributed by atoms with Crippen LogP contribution in [0.25, 0.3) is 0 Å². The molecule has 1 N–H and O–H groups in total. The monoisotopic (exact) mass is 380 g/mol. The minimum absolute atomic E-state index is 0.383. The molecule has 2 aliphatic rings. The molecule has 144 valence electrons. The molecule has 0 aromatic heterocycles. The first-order valence-electron chi connectivity index (χ1n) is 8.63. The lowest BCUT2D eigenvalue weighted by Gasteiger charge is -2.19. The Kier molecular flexibility index (Phi) is 5.48. The van der Waals surface area contributed by atoms with E-state index in [-0.39, 0.29) is 23.7 Å². The second kappa shape index (κ2) is 7.81. The van der Waals surface area contributed by atoms with Gasteiger partial charge in [-0.2, -0.15) is 0 Å². The zero-order chi connectivity index (χ0) is 19.6. The molecule has 0 unspecified atom stereocenters. The first kappa shape index (κ1) is 18.9. The van der Waals surface area contributed by atoms with Crippen LogP contribution in [0.5, 0.6) is 0 Å². The quantitative estimate of drug-likeness (QED) is 0.619. The van der Waals surface area contributed by atoms with Crippen LogP contribution in [0.15, 0.2) is 18.2 Å². The van der Waals surface area contributed by atoms with Crippen LogP contribution in [0, 0.1) is 23.5 Å². The number of nitrogens with one attached hydrogen (secondary N) is 1. The number of nitrogens with zero attached hydrogens (tertiary/aromatic N) is 1. The zero-order valence-electron chi connectivity index (χ0n) is 14.4. The Morgan fingerprint density at radius 1 is 1.07 bits per heavy atom. The highest BCUT2D eigenvalue weighted by Crippen LogP contribution is 2.37. The van der Waals surface area contributed by atoms with Gasteiger partial charge in [-0.15, -0.1) is 0 Å². The Hall–Kier alpha value is -2.84. The average Bonchev–Trinajstić information content (AvgIpc) is 2.88. The smallest absolute Gasteiger partial charge is 0.326 e. The predicted molar refractivity (Wildman–Crippen MR) is 88.1 cm³/mol. The van der Waals surface area contributed by atoms with Crippen molar-refractivity contribution in [1.82, 2.24) is 4.90 Å². The van der Waals surface area contributed by atoms with Crippen LogP contribution in [-0.4, -0.2) is 41.7 Å². The molecule has 1 aromatic carbocycles. The number of halogens is 2. The van der Waals surface area contributed by atoms with Gasteiger partial charge in [0.05, 0.1) is 11.8 Å². The summed E-state index contributed by atoms with van der Waals surface area (Å²) in [7, 11) is 0. The van der Waals surface area contributed by atoms with Crippen molar-refractivity contribution in [3.8, 4) is 0 Å². The fourth-order valence-corrected chi connectivity index (χ4v) is 3.50. The summed E-state index contributed by atoms with van der Waals surface area (Å²) < 4.78 is 31.7. The molecule has 0 spiro atoms. The van der Waals surface area contributed by atoms with Crippen molar-refractivity contribution in [1.29, 1.82) is 0 Å². The molecule has 9 heteroatoms. The first-order chi connectivity index (χ1) is 12.9. The molecule has 2 atom stereocenters. The lowest BCUT2D eigenvalue weighted by molar-refractivity contribution is -0.154. The molecule has 0 radical (unpaired) electrons. The molecule has 1 aromatic rings. The van der Waals surface area contributed by atoms with Crippen molar-refractivity contribution in [3.63, 3.8) is 0 Å². The van der Waals surface area contributed by atoms with Gasteiger partial charge in [-0.3, -0.25) is 24.1 Å². The molecule has 3 amide bonds. The fraction of sp³-hybridized carbons (Fsp3) is 0.444. The van der Waals surface area contributed by atoms with Crippen molar-refractivity contribution in [2.75, 3.05) is 18.5 Å². The number of esters is 1. The maximum atomic E-state index is 13.5. The van der Waals surface area contributed by atoms with Gasteiger partial charge in [0, 0.05) is 0 Å². The van der Waals surface area contributed by atoms with Crippen LogP contribution in [0.2, 0.25) is 0 Å². The summed E-state index contributed by atoms with van der Waals surface area (Å²) in [5.41, 5.74) is -0.646. The number of carbonyl (C=O) groups excluding carboxylic acids is 4. The zero-order valence-corrected chi connectivity index (χ0v) is 14.4. The molecule has 2 fully saturated rings. The number of likely N-dealkylation sites (tertiary alicyclic amines) is 1. The highest BCUT2D eigenvalue weighted by atomic mass is 19.1. The maximum absolute atomic E-state index is 13.5. The largest absolute Gasteiger partial charge is 0.454 e. The Labute approximate surface area is 153 Å². The van der Waals surface area contributed by atoms with Gasteiger partial charge in [-0.1, -0.05) is 18.9 Å². The molecule has 1 heterocycles. The van der Waals surface area contributed by atoms with E-state index in [9.17, 15) is 28.0 Å². The Morgan fingerprint density at radius 2 is 1.63 bits per heavy atom. The van der Waals surface area contributed by atoms with E-state index in [1.165, 1.54) is 0 Å². The molecule has 7 nitrogen and oxygen atoms in total. The average molecular weight is 380 g/mol. The van der Waals surface area contributed by atoms with E-state index >= 15 is 0 Å². The third kappa shape index (κ3) is 3.96. The second-order valence-corrected chi connectivity index (χ2v) is 6.57. The Morgan fingerprint density at radius 3 is 2.19 bits per heavy atom. The van der Waals surface area contributed by atoms with Gasteiger partial charge in [0.2, 0.25) is 11.8 Å². The van der Waals surface area contributed by atoms with E-state index < -0.39 is 42.3 Å². The molecule has 27 heavy (non-hydrogen) atoms. The fourth-order valence-electron chi connectivity index (χ4n) is 3.50. The molecule has 1 aliphatic heterocycles. The number of hydrogen-bond acceptors (Lipinski definition) is 5. The number of para-hydroxylation sites is 1. The lowest BCUT2D eigenvalue weighted by Crippen LogP contribution is -2.37. The van der Waals surface area contributed by atoms with Gasteiger partial charge in [0.1, 0.15) is 23.9 Å². The lowest BCUT2D eigenvalue weighted by atomic mass is 9.81. The van der Waals surface area contributed by atoms with Gasteiger partial charge >= 0.3 is 5.97 Å². The van der Waals surface area contributed by atoms with E-state index in [2.05, 4.69) is 0 Å². The van der Waals surface area contributed by atoms with Crippen molar-refractivity contribution in [3.05, 3.63) is 29.8 Å². The van der Waals surface area contributed by atoms with Gasteiger partial charge < -0.3 is 10.1 Å². The molecular weight excluding hydrogens is 362 g/mol. The molecule has 0 bridgehead atoms. The number of fused-ring (bicyclic) bond motifs is 1. The molecular formula is C18H18F2N2O5. The van der Waals surface area contributed by atoms with Crippen LogP contribution >= 0.6 is 0 Å². The minimum Gasteiger partial charge on any atom is -0.454 e. The number of carbonyl (C=O) groups is 4. The molecule has 3 rings (SSSR count). The van der Waals surface area contributed by atoms with E-state index in [1.54, 1.807) is 0 Å². The first-order valence-corrected chi connectivity index (χ1v) is 8.63. The number of hydrogen-bond donors (Lipinski definition) is 1. The summed E-state index contributed by atoms with van der Waals surface area (Å²) >= 11 is 0. The summed E-state index contributed by atoms with van der Waals surface area (Å²) in [6.07, 6.45) is 2.98. The number of ether oxygens (including phenoxy) is 1. The normalized spacial score (nSPS) is 21.8. The van der Waals surface area contributed by atoms with Crippen LogP contribution in [0.3, 0.4) is 0 Å². The molecule has 1 saturated heterocycles. The highest BCUT2D eigenvalue weighted by molar-refractivity contribution is 6.07. The Bertz CT molecular complexity index is 754. The molecule has 1 aliphatic carbocycles. The predicted octanol–water partition coefficient (Wildman–Crippen LogP) is 1.62. The number of amides is 3. The van der Waals surface area contributed by atoms with E-state index in [4.69, 9.17) is 4.74 Å². The third-order valence-corrected chi connectivity index (χ3v) is 4.81. The standard InChI is InChI=1S/C18H18F2N2O5/c19-12-6-3-7-13(20)16(12)21-14(23)9-27-15(24)8-22-17(25)10-4-1-2-5-11(10)18(22)26/h3,6-7,10-11H,1-2,4-5,8-9H2,(H,21,23)/t10-,11+. The highest BCUT2D eigenvalue weighted by Gasteiger charge is 2.48. The van der Waals surface area contributed by atoms with Gasteiger partial charge in [-0.05, 0) is 25.0 Å². The topological polar surface area (TPSA) is 92.8 Å². The number of anilines is 1. The van der Waals surface area contributed by atoms with Gasteiger partial charge in [-0.25, -0.2) is 8.78 Å². The third-order valence-electron chi connectivity index (χ3n) is 4.81. The Balaban J connectivity index is 1.52. The van der Waals surface area contributed by atoms with Crippen molar-refractivity contribution < 1.29 is 32.7 Å². The minimum atomic E-state index is -0.967. The van der Waals surface area contributed by atoms with Crippen LogP contribution in [-0.2, 0) is 23.9 Å². The maximum Gasteiger partial charge on any atom is 0.326 e. The SMILES string of the molecule is O=C(COC(=O)CN1C(=O)[C@H]2CCCC[C@H]2C1=O)Nc1c(F)cccc1F. The van der Waals surface area contributed by atoms with Crippen LogP contribution < -0.4 is 5.32 Å². The van der Waals surface area contributed by atoms with Crippen molar-refractivity contribution >= 4 is 29.4 Å². The number of benzene rings is 1.